The summed E-state index contributed by atoms with van der Waals surface area (Å²) in [6.45, 7) is 0. The zero-order chi connectivity index (χ0) is 22.6. The van der Waals surface area contributed by atoms with Crippen molar-refractivity contribution in [1.29, 1.82) is 0 Å². The minimum absolute atomic E-state index is 0.0239. The van der Waals surface area contributed by atoms with Gasteiger partial charge in [-0.05, 0) is 49.2 Å². The maximum atomic E-state index is 12.7. The highest BCUT2D eigenvalue weighted by Crippen LogP contribution is 2.31. The second-order valence-corrected chi connectivity index (χ2v) is 8.87. The Morgan fingerprint density at radius 1 is 1.10 bits per heavy atom. The van der Waals surface area contributed by atoms with Crippen molar-refractivity contribution in [2.45, 2.75) is 36.2 Å². The summed E-state index contributed by atoms with van der Waals surface area (Å²) >= 11 is 0. The second kappa shape index (κ2) is 9.36. The number of nitrogens with one attached hydrogen (secondary N) is 2. The maximum Gasteiger partial charge on any atom is 0.305 e. The van der Waals surface area contributed by atoms with Gasteiger partial charge in [-0.25, -0.2) is 13.1 Å². The number of hydrogen-bond acceptors (Lipinski definition) is 6. The molecule has 31 heavy (non-hydrogen) atoms. The van der Waals surface area contributed by atoms with Gasteiger partial charge in [-0.15, -0.1) is 0 Å². The molecule has 1 saturated carbocycles. The number of carboxylic acid groups (broad SMARTS) is 1. The molecular formula is C21H24N2O7S. The van der Waals surface area contributed by atoms with Gasteiger partial charge in [0.05, 0.1) is 31.6 Å². The summed E-state index contributed by atoms with van der Waals surface area (Å²) in [7, 11) is -0.693. The summed E-state index contributed by atoms with van der Waals surface area (Å²) < 4.78 is 37.6. The van der Waals surface area contributed by atoms with Crippen LogP contribution in [0, 0.1) is 0 Å². The average molecular weight is 448 g/mol. The van der Waals surface area contributed by atoms with Crippen LogP contribution in [0.25, 0.3) is 0 Å². The first-order chi connectivity index (χ1) is 14.7. The average Bonchev–Trinajstić information content (AvgIpc) is 3.55. The van der Waals surface area contributed by atoms with E-state index in [1.807, 2.05) is 0 Å². The minimum Gasteiger partial charge on any atom is -0.497 e. The van der Waals surface area contributed by atoms with Crippen molar-refractivity contribution in [2.24, 2.45) is 0 Å². The normalized spacial score (nSPS) is 14.5. The number of ether oxygens (including phenoxy) is 2. The van der Waals surface area contributed by atoms with E-state index in [0.717, 1.165) is 12.8 Å². The second-order valence-electron chi connectivity index (χ2n) is 7.15. The fraction of sp³-hybridized carbons (Fsp3) is 0.333. The monoisotopic (exact) mass is 448 g/mol. The Balaban J connectivity index is 1.80. The number of aliphatic carboxylic acids is 1. The molecule has 0 bridgehead atoms. The molecule has 9 nitrogen and oxygen atoms in total. The molecule has 0 aromatic heterocycles. The van der Waals surface area contributed by atoms with E-state index >= 15 is 0 Å². The van der Waals surface area contributed by atoms with Crippen LogP contribution in [0.4, 0.5) is 0 Å². The van der Waals surface area contributed by atoms with Crippen LogP contribution in [0.15, 0.2) is 47.4 Å². The predicted molar refractivity (Wildman–Crippen MR) is 112 cm³/mol. The quantitative estimate of drug-likeness (QED) is 0.507. The standard InChI is InChI=1S/C21H24N2O7S/c1-29-15-7-10-17(19(11-15)30-2)18(12-20(24)25)22-21(26)13-3-8-16(9-4-13)31(27,28)23-14-5-6-14/h3-4,7-11,14,18,23H,5-6,12H2,1-2H3,(H,22,26)(H,24,25)/t18-/m0/s1. The molecular weight excluding hydrogens is 424 g/mol. The summed E-state index contributed by atoms with van der Waals surface area (Å²) in [4.78, 5) is 24.2. The van der Waals surface area contributed by atoms with Gasteiger partial charge in [0.1, 0.15) is 11.5 Å². The third-order valence-electron chi connectivity index (χ3n) is 4.83. The molecule has 166 valence electrons. The maximum absolute atomic E-state index is 12.7. The Morgan fingerprint density at radius 2 is 1.77 bits per heavy atom. The number of amides is 1. The molecule has 0 aliphatic heterocycles. The molecule has 3 rings (SSSR count). The number of sulfonamides is 1. The molecule has 10 heteroatoms. The van der Waals surface area contributed by atoms with E-state index in [2.05, 4.69) is 10.0 Å². The molecule has 1 aliphatic carbocycles. The van der Waals surface area contributed by atoms with Crippen LogP contribution < -0.4 is 19.5 Å². The first-order valence-corrected chi connectivity index (χ1v) is 11.1. The third-order valence-corrected chi connectivity index (χ3v) is 6.36. The first kappa shape index (κ1) is 22.6. The van der Waals surface area contributed by atoms with Crippen molar-refractivity contribution in [3.8, 4) is 11.5 Å². The summed E-state index contributed by atoms with van der Waals surface area (Å²) in [6.07, 6.45) is 1.27. The first-order valence-electron chi connectivity index (χ1n) is 9.60. The number of benzene rings is 2. The molecule has 2 aromatic rings. The largest absolute Gasteiger partial charge is 0.497 e. The van der Waals surface area contributed by atoms with Gasteiger partial charge in [0.25, 0.3) is 5.91 Å². The molecule has 0 spiro atoms. The highest BCUT2D eigenvalue weighted by Gasteiger charge is 2.28. The molecule has 1 fully saturated rings. The Morgan fingerprint density at radius 3 is 2.32 bits per heavy atom. The Kier molecular flexibility index (Phi) is 6.81. The third kappa shape index (κ3) is 5.74. The van der Waals surface area contributed by atoms with Crippen LogP contribution in [0.3, 0.4) is 0 Å². The minimum atomic E-state index is -3.62. The zero-order valence-corrected chi connectivity index (χ0v) is 17.9. The molecule has 0 saturated heterocycles. The molecule has 1 aliphatic rings. The lowest BCUT2D eigenvalue weighted by molar-refractivity contribution is -0.137. The zero-order valence-electron chi connectivity index (χ0n) is 17.1. The van der Waals surface area contributed by atoms with E-state index < -0.39 is 27.9 Å². The number of rotatable bonds is 10. The molecule has 1 atom stereocenters. The van der Waals surface area contributed by atoms with E-state index in [-0.39, 0.29) is 22.9 Å². The summed E-state index contributed by atoms with van der Waals surface area (Å²) in [6, 6.07) is 9.45. The number of hydrogen-bond donors (Lipinski definition) is 3. The van der Waals surface area contributed by atoms with Crippen LogP contribution in [0.1, 0.15) is 41.2 Å². The lowest BCUT2D eigenvalue weighted by atomic mass is 10.0. The van der Waals surface area contributed by atoms with Crippen molar-refractivity contribution >= 4 is 21.9 Å². The predicted octanol–water partition coefficient (Wildman–Crippen LogP) is 2.09. The van der Waals surface area contributed by atoms with Gasteiger partial charge in [-0.2, -0.15) is 0 Å². The topological polar surface area (TPSA) is 131 Å². The van der Waals surface area contributed by atoms with Crippen LogP contribution in [-0.4, -0.2) is 45.7 Å². The molecule has 2 aromatic carbocycles. The van der Waals surface area contributed by atoms with E-state index in [4.69, 9.17) is 9.47 Å². The number of methoxy groups -OCH3 is 2. The van der Waals surface area contributed by atoms with Crippen molar-refractivity contribution in [2.75, 3.05) is 14.2 Å². The highest BCUT2D eigenvalue weighted by molar-refractivity contribution is 7.89. The number of carboxylic acids is 1. The molecule has 0 radical (unpaired) electrons. The Labute approximate surface area is 180 Å². The molecule has 1 amide bonds. The summed E-state index contributed by atoms with van der Waals surface area (Å²) in [5, 5.41) is 12.0. The fourth-order valence-corrected chi connectivity index (χ4v) is 4.34. The lowest BCUT2D eigenvalue weighted by Gasteiger charge is -2.20. The van der Waals surface area contributed by atoms with Crippen molar-refractivity contribution in [3.05, 3.63) is 53.6 Å². The van der Waals surface area contributed by atoms with Crippen molar-refractivity contribution in [3.63, 3.8) is 0 Å². The molecule has 0 heterocycles. The van der Waals surface area contributed by atoms with Gasteiger partial charge in [0.15, 0.2) is 0 Å². The SMILES string of the molecule is COc1ccc([C@H](CC(=O)O)NC(=O)c2ccc(S(=O)(=O)NC3CC3)cc2)c(OC)c1. The van der Waals surface area contributed by atoms with Crippen LogP contribution in [0.2, 0.25) is 0 Å². The van der Waals surface area contributed by atoms with Crippen molar-refractivity contribution < 1.29 is 32.6 Å². The van der Waals surface area contributed by atoms with Gasteiger partial charge >= 0.3 is 5.97 Å². The fourth-order valence-electron chi connectivity index (χ4n) is 3.04. The van der Waals surface area contributed by atoms with Gasteiger partial charge in [0.2, 0.25) is 10.0 Å². The Bertz CT molecular complexity index is 1060. The van der Waals surface area contributed by atoms with E-state index in [1.165, 1.54) is 38.5 Å². The molecule has 3 N–H and O–H groups in total. The molecule has 0 unspecified atom stereocenters. The summed E-state index contributed by atoms with van der Waals surface area (Å²) in [5.41, 5.74) is 0.681. The van der Waals surface area contributed by atoms with Gasteiger partial charge in [-0.1, -0.05) is 0 Å². The van der Waals surface area contributed by atoms with Gasteiger partial charge < -0.3 is 19.9 Å². The van der Waals surface area contributed by atoms with Crippen LogP contribution in [-0.2, 0) is 14.8 Å². The number of carbonyl (C=O) groups excluding carboxylic acids is 1. The smallest absolute Gasteiger partial charge is 0.305 e. The van der Waals surface area contributed by atoms with Crippen LogP contribution in [0.5, 0.6) is 11.5 Å². The van der Waals surface area contributed by atoms with Gasteiger partial charge in [0, 0.05) is 23.2 Å². The van der Waals surface area contributed by atoms with E-state index in [1.54, 1.807) is 18.2 Å². The number of carbonyl (C=O) groups is 2. The Hall–Kier alpha value is -3.11. The van der Waals surface area contributed by atoms with E-state index in [9.17, 15) is 23.1 Å². The summed E-state index contributed by atoms with van der Waals surface area (Å²) in [5.74, 6) is -0.741. The van der Waals surface area contributed by atoms with Gasteiger partial charge in [-0.3, -0.25) is 9.59 Å². The lowest BCUT2D eigenvalue weighted by Crippen LogP contribution is -2.30. The van der Waals surface area contributed by atoms with Crippen molar-refractivity contribution in [1.82, 2.24) is 10.0 Å². The highest BCUT2D eigenvalue weighted by atomic mass is 32.2. The van der Waals surface area contributed by atoms with Crippen LogP contribution >= 0.6 is 0 Å². The van der Waals surface area contributed by atoms with E-state index in [0.29, 0.717) is 17.1 Å².